The number of hydrogen-bond acceptors (Lipinski definition) is 5. The van der Waals surface area contributed by atoms with Gasteiger partial charge in [-0.15, -0.1) is 0 Å². The molecule has 0 unspecified atom stereocenters. The first-order chi connectivity index (χ1) is 11.6. The van der Waals surface area contributed by atoms with Crippen molar-refractivity contribution >= 4 is 5.97 Å². The van der Waals surface area contributed by atoms with E-state index < -0.39 is 6.10 Å². The zero-order valence-electron chi connectivity index (χ0n) is 14.1. The topological polar surface area (TPSA) is 76.0 Å². The number of aliphatic hydroxyl groups excluding tert-OH is 2. The fraction of sp³-hybridized carbons (Fsp3) is 0.421. The Hall–Kier alpha value is -2.11. The fourth-order valence-electron chi connectivity index (χ4n) is 2.14. The number of carbonyl (C=O) groups excluding carboxylic acids is 1. The van der Waals surface area contributed by atoms with E-state index >= 15 is 0 Å². The number of ether oxygens (including phenoxy) is 2. The van der Waals surface area contributed by atoms with E-state index in [-0.39, 0.29) is 31.7 Å². The van der Waals surface area contributed by atoms with Crippen molar-refractivity contribution in [2.45, 2.75) is 25.9 Å². The van der Waals surface area contributed by atoms with Crippen molar-refractivity contribution in [3.05, 3.63) is 54.6 Å². The Morgan fingerprint density at radius 2 is 2.04 bits per heavy atom. The second-order valence-corrected chi connectivity index (χ2v) is 5.46. The molecule has 0 aliphatic carbocycles. The molecule has 2 N–H and O–H groups in total. The summed E-state index contributed by atoms with van der Waals surface area (Å²) in [6.45, 7) is 5.86. The zero-order valence-corrected chi connectivity index (χ0v) is 14.1. The lowest BCUT2D eigenvalue weighted by Crippen LogP contribution is -2.09. The Bertz CT molecular complexity index is 521. The van der Waals surface area contributed by atoms with E-state index in [9.17, 15) is 9.90 Å². The minimum atomic E-state index is -0.585. The van der Waals surface area contributed by atoms with Crippen molar-refractivity contribution < 1.29 is 24.5 Å². The molecule has 0 aliphatic heterocycles. The summed E-state index contributed by atoms with van der Waals surface area (Å²) in [7, 11) is 0. The highest BCUT2D eigenvalue weighted by molar-refractivity contribution is 5.81. The summed E-state index contributed by atoms with van der Waals surface area (Å²) in [5.74, 6) is 0.318. The molecule has 5 nitrogen and oxygen atoms in total. The Balaban J connectivity index is 2.41. The second kappa shape index (κ2) is 11.4. The van der Waals surface area contributed by atoms with Gasteiger partial charge in [-0.3, -0.25) is 0 Å². The van der Waals surface area contributed by atoms with Gasteiger partial charge in [0.15, 0.2) is 0 Å². The SMILES string of the molecule is C=CCOC(=O)/C=C/CC[C@H](C)[C@@H](O)c1ccc(OCCO)cc1. The van der Waals surface area contributed by atoms with Crippen LogP contribution in [0.1, 0.15) is 31.4 Å². The Morgan fingerprint density at radius 3 is 2.67 bits per heavy atom. The minimum absolute atomic E-state index is 0.0317. The first kappa shape index (κ1) is 19.9. The van der Waals surface area contributed by atoms with Gasteiger partial charge in [0.25, 0.3) is 0 Å². The third kappa shape index (κ3) is 7.44. The molecule has 1 rings (SSSR count). The average molecular weight is 334 g/mol. The Morgan fingerprint density at radius 1 is 1.33 bits per heavy atom. The van der Waals surface area contributed by atoms with Crippen LogP contribution in [0.15, 0.2) is 49.1 Å². The molecule has 0 heterocycles. The molecule has 132 valence electrons. The van der Waals surface area contributed by atoms with Crippen molar-refractivity contribution in [1.82, 2.24) is 0 Å². The number of rotatable bonds is 11. The van der Waals surface area contributed by atoms with Gasteiger partial charge in [-0.2, -0.15) is 0 Å². The van der Waals surface area contributed by atoms with Crippen LogP contribution in [0.2, 0.25) is 0 Å². The van der Waals surface area contributed by atoms with E-state index in [1.807, 2.05) is 19.1 Å². The van der Waals surface area contributed by atoms with Gasteiger partial charge in [-0.05, 0) is 36.5 Å². The number of hydrogen-bond donors (Lipinski definition) is 2. The Kier molecular flexibility index (Phi) is 9.49. The summed E-state index contributed by atoms with van der Waals surface area (Å²) in [6.07, 6.45) is 5.51. The lowest BCUT2D eigenvalue weighted by molar-refractivity contribution is -0.136. The van der Waals surface area contributed by atoms with Gasteiger partial charge in [0.1, 0.15) is 19.0 Å². The second-order valence-electron chi connectivity index (χ2n) is 5.46. The molecular formula is C19H26O5. The van der Waals surface area contributed by atoms with E-state index in [1.165, 1.54) is 12.2 Å². The highest BCUT2D eigenvalue weighted by Crippen LogP contribution is 2.27. The van der Waals surface area contributed by atoms with Crippen LogP contribution < -0.4 is 4.74 Å². The normalized spacial score (nSPS) is 13.5. The first-order valence-corrected chi connectivity index (χ1v) is 8.04. The highest BCUT2D eigenvalue weighted by atomic mass is 16.5. The number of carbonyl (C=O) groups is 1. The maximum Gasteiger partial charge on any atom is 0.330 e. The molecule has 0 spiro atoms. The van der Waals surface area contributed by atoms with Gasteiger partial charge in [0, 0.05) is 6.08 Å². The van der Waals surface area contributed by atoms with Crippen molar-refractivity contribution in [2.75, 3.05) is 19.8 Å². The monoisotopic (exact) mass is 334 g/mol. The molecule has 0 bridgehead atoms. The van der Waals surface area contributed by atoms with E-state index in [4.69, 9.17) is 14.6 Å². The lowest BCUT2D eigenvalue weighted by atomic mass is 9.93. The summed E-state index contributed by atoms with van der Waals surface area (Å²) >= 11 is 0. The van der Waals surface area contributed by atoms with E-state index in [0.717, 1.165) is 12.0 Å². The molecule has 0 saturated carbocycles. The number of allylic oxidation sites excluding steroid dienone is 1. The smallest absolute Gasteiger partial charge is 0.330 e. The minimum Gasteiger partial charge on any atom is -0.491 e. The standard InChI is InChI=1S/C19H26O5/c1-3-13-24-18(21)7-5-4-6-15(2)19(22)16-8-10-17(11-9-16)23-14-12-20/h3,5,7-11,15,19-20,22H,1,4,6,12-14H2,2H3/b7-5+/t15-,19+/m0/s1. The van der Waals surface area contributed by atoms with Crippen LogP contribution in [0.5, 0.6) is 5.75 Å². The molecule has 1 aromatic rings. The van der Waals surface area contributed by atoms with Crippen LogP contribution in [0.4, 0.5) is 0 Å². The van der Waals surface area contributed by atoms with Crippen LogP contribution >= 0.6 is 0 Å². The summed E-state index contributed by atoms with van der Waals surface area (Å²) in [4.78, 5) is 11.3. The van der Waals surface area contributed by atoms with Crippen molar-refractivity contribution in [2.24, 2.45) is 5.92 Å². The summed E-state index contributed by atoms with van der Waals surface area (Å²) in [6, 6.07) is 7.18. The number of aliphatic hydroxyl groups is 2. The maximum absolute atomic E-state index is 11.3. The number of esters is 1. The van der Waals surface area contributed by atoms with Gasteiger partial charge < -0.3 is 19.7 Å². The number of benzene rings is 1. The third-order valence-corrected chi connectivity index (χ3v) is 3.51. The van der Waals surface area contributed by atoms with Gasteiger partial charge in [0.05, 0.1) is 12.7 Å². The Labute approximate surface area is 143 Å². The zero-order chi connectivity index (χ0) is 17.8. The first-order valence-electron chi connectivity index (χ1n) is 8.04. The molecule has 1 aromatic carbocycles. The van der Waals surface area contributed by atoms with Crippen molar-refractivity contribution in [1.29, 1.82) is 0 Å². The quantitative estimate of drug-likeness (QED) is 0.370. The maximum atomic E-state index is 11.3. The largest absolute Gasteiger partial charge is 0.491 e. The van der Waals surface area contributed by atoms with Crippen LogP contribution in [-0.4, -0.2) is 36.0 Å². The van der Waals surface area contributed by atoms with Gasteiger partial charge >= 0.3 is 5.97 Å². The van der Waals surface area contributed by atoms with E-state index in [1.54, 1.807) is 18.2 Å². The van der Waals surface area contributed by atoms with Crippen LogP contribution in [-0.2, 0) is 9.53 Å². The molecule has 0 saturated heterocycles. The molecule has 0 aliphatic rings. The highest BCUT2D eigenvalue weighted by Gasteiger charge is 2.15. The predicted octanol–water partition coefficient (Wildman–Crippen LogP) is 2.79. The van der Waals surface area contributed by atoms with Gasteiger partial charge in [-0.1, -0.05) is 37.8 Å². The van der Waals surface area contributed by atoms with Crippen molar-refractivity contribution in [3.8, 4) is 5.75 Å². The molecule has 2 atom stereocenters. The molecule has 0 aromatic heterocycles. The van der Waals surface area contributed by atoms with Crippen molar-refractivity contribution in [3.63, 3.8) is 0 Å². The van der Waals surface area contributed by atoms with E-state index in [2.05, 4.69) is 6.58 Å². The van der Waals surface area contributed by atoms with Gasteiger partial charge in [-0.25, -0.2) is 4.79 Å². The fourth-order valence-corrected chi connectivity index (χ4v) is 2.14. The molecule has 0 radical (unpaired) electrons. The third-order valence-electron chi connectivity index (χ3n) is 3.51. The predicted molar refractivity (Wildman–Crippen MR) is 92.7 cm³/mol. The van der Waals surface area contributed by atoms with E-state index in [0.29, 0.717) is 12.2 Å². The summed E-state index contributed by atoms with van der Waals surface area (Å²) in [5, 5.41) is 19.1. The molecule has 5 heteroatoms. The van der Waals surface area contributed by atoms with Gasteiger partial charge in [0.2, 0.25) is 0 Å². The van der Waals surface area contributed by atoms with Crippen LogP contribution in [0, 0.1) is 5.92 Å². The van der Waals surface area contributed by atoms with Crippen LogP contribution in [0.3, 0.4) is 0 Å². The lowest BCUT2D eigenvalue weighted by Gasteiger charge is -2.19. The molecule has 0 amide bonds. The summed E-state index contributed by atoms with van der Waals surface area (Å²) < 4.78 is 10.1. The molecular weight excluding hydrogens is 308 g/mol. The van der Waals surface area contributed by atoms with Crippen LogP contribution in [0.25, 0.3) is 0 Å². The molecule has 0 fully saturated rings. The summed E-state index contributed by atoms with van der Waals surface area (Å²) in [5.41, 5.74) is 0.813. The average Bonchev–Trinajstić information content (AvgIpc) is 2.61. The molecule has 24 heavy (non-hydrogen) atoms.